The number of benzene rings is 3. The van der Waals surface area contributed by atoms with Crippen molar-refractivity contribution in [2.24, 2.45) is 0 Å². The minimum Gasteiger partial charge on any atom is -0.496 e. The van der Waals surface area contributed by atoms with Gasteiger partial charge in [0, 0.05) is 10.0 Å². The minimum absolute atomic E-state index is 0.604. The standard InChI is InChI=1S/C20H14BrNO/c1-23-20-11-8-15-4-2-3-5-18(15)19(20)12-16(13-22)14-6-9-17(21)10-7-14/h2-12H,1H3/b16-12-. The zero-order valence-corrected chi connectivity index (χ0v) is 14.2. The highest BCUT2D eigenvalue weighted by Gasteiger charge is 2.09. The molecule has 3 aromatic carbocycles. The van der Waals surface area contributed by atoms with E-state index in [2.05, 4.69) is 28.1 Å². The van der Waals surface area contributed by atoms with E-state index in [-0.39, 0.29) is 0 Å². The topological polar surface area (TPSA) is 33.0 Å². The second-order valence-corrected chi connectivity index (χ2v) is 6.00. The third kappa shape index (κ3) is 3.13. The van der Waals surface area contributed by atoms with Crippen molar-refractivity contribution in [2.75, 3.05) is 7.11 Å². The molecule has 3 aromatic rings. The van der Waals surface area contributed by atoms with Gasteiger partial charge < -0.3 is 4.74 Å². The van der Waals surface area contributed by atoms with Crippen molar-refractivity contribution in [2.45, 2.75) is 0 Å². The van der Waals surface area contributed by atoms with Crippen LogP contribution in [0, 0.1) is 11.3 Å². The fourth-order valence-electron chi connectivity index (χ4n) is 2.56. The van der Waals surface area contributed by atoms with E-state index >= 15 is 0 Å². The maximum atomic E-state index is 9.57. The molecule has 3 rings (SSSR count). The first kappa shape index (κ1) is 15.3. The van der Waals surface area contributed by atoms with Crippen LogP contribution in [0.3, 0.4) is 0 Å². The summed E-state index contributed by atoms with van der Waals surface area (Å²) in [6.45, 7) is 0. The summed E-state index contributed by atoms with van der Waals surface area (Å²) in [5.41, 5.74) is 2.41. The monoisotopic (exact) mass is 363 g/mol. The number of hydrogen-bond donors (Lipinski definition) is 0. The molecule has 0 atom stereocenters. The average molecular weight is 364 g/mol. The molecular formula is C20H14BrNO. The number of halogens is 1. The number of fused-ring (bicyclic) bond motifs is 1. The summed E-state index contributed by atoms with van der Waals surface area (Å²) >= 11 is 3.42. The van der Waals surface area contributed by atoms with Crippen molar-refractivity contribution in [3.63, 3.8) is 0 Å². The quantitative estimate of drug-likeness (QED) is 0.443. The van der Waals surface area contributed by atoms with Crippen LogP contribution < -0.4 is 4.74 Å². The third-order valence-electron chi connectivity index (χ3n) is 3.71. The van der Waals surface area contributed by atoms with Gasteiger partial charge in [-0.05, 0) is 40.6 Å². The first-order valence-corrected chi connectivity index (χ1v) is 7.95. The summed E-state index contributed by atoms with van der Waals surface area (Å²) in [7, 11) is 1.65. The van der Waals surface area contributed by atoms with Crippen LogP contribution in [0.25, 0.3) is 22.4 Å². The lowest BCUT2D eigenvalue weighted by molar-refractivity contribution is 0.414. The van der Waals surface area contributed by atoms with Crippen molar-refractivity contribution in [1.82, 2.24) is 0 Å². The van der Waals surface area contributed by atoms with E-state index in [9.17, 15) is 5.26 Å². The highest BCUT2D eigenvalue weighted by atomic mass is 79.9. The number of hydrogen-bond acceptors (Lipinski definition) is 2. The molecule has 23 heavy (non-hydrogen) atoms. The molecule has 0 aromatic heterocycles. The molecule has 0 heterocycles. The van der Waals surface area contributed by atoms with Gasteiger partial charge in [0.05, 0.1) is 18.8 Å². The van der Waals surface area contributed by atoms with Crippen LogP contribution in [0.5, 0.6) is 5.75 Å². The molecule has 0 saturated heterocycles. The van der Waals surface area contributed by atoms with Gasteiger partial charge in [0.2, 0.25) is 0 Å². The Morgan fingerprint density at radius 1 is 1.04 bits per heavy atom. The fraction of sp³-hybridized carbons (Fsp3) is 0.0500. The maximum absolute atomic E-state index is 9.57. The number of rotatable bonds is 3. The molecule has 0 amide bonds. The van der Waals surface area contributed by atoms with E-state index in [1.165, 1.54) is 0 Å². The molecule has 0 spiro atoms. The zero-order valence-electron chi connectivity index (χ0n) is 12.6. The van der Waals surface area contributed by atoms with Crippen LogP contribution in [-0.2, 0) is 0 Å². The highest BCUT2D eigenvalue weighted by molar-refractivity contribution is 9.10. The van der Waals surface area contributed by atoms with Crippen LogP contribution >= 0.6 is 15.9 Å². The molecule has 0 fully saturated rings. The van der Waals surface area contributed by atoms with Gasteiger partial charge in [-0.2, -0.15) is 5.26 Å². The van der Waals surface area contributed by atoms with Crippen molar-refractivity contribution in [3.8, 4) is 11.8 Å². The van der Waals surface area contributed by atoms with E-state index in [4.69, 9.17) is 4.74 Å². The summed E-state index contributed by atoms with van der Waals surface area (Å²) in [5.74, 6) is 0.758. The molecule has 0 aliphatic rings. The molecular weight excluding hydrogens is 350 g/mol. The predicted molar refractivity (Wildman–Crippen MR) is 98.1 cm³/mol. The van der Waals surface area contributed by atoms with Gasteiger partial charge in [-0.15, -0.1) is 0 Å². The van der Waals surface area contributed by atoms with Gasteiger partial charge in [0.15, 0.2) is 0 Å². The molecule has 0 N–H and O–H groups in total. The Kier molecular flexibility index (Phi) is 4.45. The molecule has 0 unspecified atom stereocenters. The smallest absolute Gasteiger partial charge is 0.126 e. The van der Waals surface area contributed by atoms with Crippen LogP contribution in [0.15, 0.2) is 65.1 Å². The van der Waals surface area contributed by atoms with Crippen LogP contribution in [0.2, 0.25) is 0 Å². The van der Waals surface area contributed by atoms with E-state index in [0.29, 0.717) is 5.57 Å². The highest BCUT2D eigenvalue weighted by Crippen LogP contribution is 2.31. The summed E-state index contributed by atoms with van der Waals surface area (Å²) in [4.78, 5) is 0. The zero-order chi connectivity index (χ0) is 16.2. The van der Waals surface area contributed by atoms with Crippen LogP contribution in [0.4, 0.5) is 0 Å². The summed E-state index contributed by atoms with van der Waals surface area (Å²) in [6, 6.07) is 22.1. The Balaban J connectivity index is 2.22. The van der Waals surface area contributed by atoms with Gasteiger partial charge in [-0.25, -0.2) is 0 Å². The molecule has 2 nitrogen and oxygen atoms in total. The fourth-order valence-corrected chi connectivity index (χ4v) is 2.82. The molecule has 0 saturated carbocycles. The van der Waals surface area contributed by atoms with Crippen molar-refractivity contribution in [3.05, 3.63) is 76.3 Å². The van der Waals surface area contributed by atoms with Crippen molar-refractivity contribution >= 4 is 38.4 Å². The number of ether oxygens (including phenoxy) is 1. The second kappa shape index (κ2) is 6.68. The van der Waals surface area contributed by atoms with Gasteiger partial charge in [-0.1, -0.05) is 58.4 Å². The molecule has 112 valence electrons. The SMILES string of the molecule is COc1ccc2ccccc2c1/C=C(/C#N)c1ccc(Br)cc1. The minimum atomic E-state index is 0.604. The van der Waals surface area contributed by atoms with Gasteiger partial charge in [0.25, 0.3) is 0 Å². The lowest BCUT2D eigenvalue weighted by Gasteiger charge is -2.10. The average Bonchev–Trinajstić information content (AvgIpc) is 2.60. The predicted octanol–water partition coefficient (Wildman–Crippen LogP) is 5.68. The van der Waals surface area contributed by atoms with Crippen molar-refractivity contribution in [1.29, 1.82) is 5.26 Å². The Morgan fingerprint density at radius 2 is 1.78 bits per heavy atom. The lowest BCUT2D eigenvalue weighted by atomic mass is 9.99. The Morgan fingerprint density at radius 3 is 2.48 bits per heavy atom. The Bertz CT molecular complexity index is 921. The molecule has 0 bridgehead atoms. The van der Waals surface area contributed by atoms with Gasteiger partial charge in [0.1, 0.15) is 5.75 Å². The van der Waals surface area contributed by atoms with Crippen molar-refractivity contribution < 1.29 is 4.74 Å². The van der Waals surface area contributed by atoms with Crippen LogP contribution in [0.1, 0.15) is 11.1 Å². The number of nitrogens with zero attached hydrogens (tertiary/aromatic N) is 1. The van der Waals surface area contributed by atoms with Gasteiger partial charge in [-0.3, -0.25) is 0 Å². The number of nitriles is 1. The normalized spacial score (nSPS) is 11.3. The Labute approximate surface area is 143 Å². The Hall–Kier alpha value is -2.57. The molecule has 3 heteroatoms. The largest absolute Gasteiger partial charge is 0.496 e. The van der Waals surface area contributed by atoms with Crippen LogP contribution in [-0.4, -0.2) is 7.11 Å². The first-order chi connectivity index (χ1) is 11.2. The van der Waals surface area contributed by atoms with Gasteiger partial charge >= 0.3 is 0 Å². The first-order valence-electron chi connectivity index (χ1n) is 7.16. The number of methoxy groups -OCH3 is 1. The summed E-state index contributed by atoms with van der Waals surface area (Å²) in [5, 5.41) is 11.8. The molecule has 0 aliphatic carbocycles. The van der Waals surface area contributed by atoms with E-state index in [0.717, 1.165) is 32.1 Å². The number of allylic oxidation sites excluding steroid dienone is 1. The van der Waals surface area contributed by atoms with E-state index in [1.807, 2.05) is 60.7 Å². The van der Waals surface area contributed by atoms with E-state index in [1.54, 1.807) is 7.11 Å². The maximum Gasteiger partial charge on any atom is 0.126 e. The third-order valence-corrected chi connectivity index (χ3v) is 4.24. The molecule has 0 aliphatic heterocycles. The molecule has 0 radical (unpaired) electrons. The summed E-state index contributed by atoms with van der Waals surface area (Å²) in [6.07, 6.45) is 1.89. The van der Waals surface area contributed by atoms with E-state index < -0.39 is 0 Å². The lowest BCUT2D eigenvalue weighted by Crippen LogP contribution is -1.90. The summed E-state index contributed by atoms with van der Waals surface area (Å²) < 4.78 is 6.48. The second-order valence-electron chi connectivity index (χ2n) is 5.08.